The zero-order valence-electron chi connectivity index (χ0n) is 7.84. The van der Waals surface area contributed by atoms with Crippen LogP contribution in [0, 0.1) is 0 Å². The van der Waals surface area contributed by atoms with E-state index in [9.17, 15) is 0 Å². The monoisotopic (exact) mass is 229 g/mol. The van der Waals surface area contributed by atoms with Crippen molar-refractivity contribution in [3.63, 3.8) is 0 Å². The van der Waals surface area contributed by atoms with E-state index in [1.807, 2.05) is 0 Å². The molecule has 7 nitrogen and oxygen atoms in total. The summed E-state index contributed by atoms with van der Waals surface area (Å²) in [5.41, 5.74) is 8.52. The van der Waals surface area contributed by atoms with Crippen LogP contribution in [-0.4, -0.2) is 32.7 Å². The number of thiocarbonyl (C=S) groups is 1. The van der Waals surface area contributed by atoms with Gasteiger partial charge in [-0.2, -0.15) is 5.10 Å². The Labute approximate surface area is 91.3 Å². The Balaban J connectivity index is 2.94. The molecule has 1 aliphatic rings. The topological polar surface area (TPSA) is 116 Å². The quantitative estimate of drug-likeness (QED) is 0.287. The summed E-state index contributed by atoms with van der Waals surface area (Å²) in [5.74, 6) is 0. The van der Waals surface area contributed by atoms with Crippen LogP contribution in [0.15, 0.2) is 15.4 Å². The third kappa shape index (κ3) is 2.88. The van der Waals surface area contributed by atoms with Gasteiger partial charge in [-0.15, -0.1) is 0 Å². The van der Waals surface area contributed by atoms with Crippen molar-refractivity contribution >= 4 is 34.5 Å². The van der Waals surface area contributed by atoms with E-state index in [4.69, 9.17) is 16.1 Å². The van der Waals surface area contributed by atoms with Gasteiger partial charge in [0.1, 0.15) is 17.1 Å². The van der Waals surface area contributed by atoms with Gasteiger partial charge in [-0.3, -0.25) is 5.43 Å². The fourth-order valence-corrected chi connectivity index (χ4v) is 1.31. The number of oxime groups is 2. The molecule has 0 amide bonds. The van der Waals surface area contributed by atoms with Gasteiger partial charge in [0.25, 0.3) is 0 Å². The first-order valence-corrected chi connectivity index (χ1v) is 4.65. The van der Waals surface area contributed by atoms with E-state index in [0.717, 1.165) is 6.42 Å². The van der Waals surface area contributed by atoms with E-state index in [1.165, 1.54) is 0 Å². The van der Waals surface area contributed by atoms with Gasteiger partial charge in [0.15, 0.2) is 5.11 Å². The van der Waals surface area contributed by atoms with Gasteiger partial charge in [0.05, 0.1) is 0 Å². The average molecular weight is 229 g/mol. The maximum Gasteiger partial charge on any atom is 0.184 e. The van der Waals surface area contributed by atoms with Crippen molar-refractivity contribution in [2.75, 3.05) is 0 Å². The first kappa shape index (κ1) is 11.4. The summed E-state index contributed by atoms with van der Waals surface area (Å²) in [7, 11) is 0. The fourth-order valence-electron chi connectivity index (χ4n) is 1.26. The molecule has 1 fully saturated rings. The molecule has 0 aromatic carbocycles. The molecule has 0 aromatic heterocycles. The molecule has 0 unspecified atom stereocenters. The molecule has 1 rings (SSSR count). The minimum atomic E-state index is -0.0114. The van der Waals surface area contributed by atoms with Crippen molar-refractivity contribution < 1.29 is 10.4 Å². The second-order valence-corrected chi connectivity index (χ2v) is 3.32. The Kier molecular flexibility index (Phi) is 3.98. The Morgan fingerprint density at radius 3 is 2.20 bits per heavy atom. The third-order valence-corrected chi connectivity index (χ3v) is 1.98. The molecule has 5 N–H and O–H groups in total. The Morgan fingerprint density at radius 1 is 1.27 bits per heavy atom. The summed E-state index contributed by atoms with van der Waals surface area (Å²) in [4.78, 5) is 0. The predicted molar refractivity (Wildman–Crippen MR) is 59.7 cm³/mol. The van der Waals surface area contributed by atoms with Crippen LogP contribution in [0.5, 0.6) is 0 Å². The summed E-state index contributed by atoms with van der Waals surface area (Å²) in [6.07, 6.45) is 1.87. The molecular formula is C7H11N5O2S. The minimum Gasteiger partial charge on any atom is -0.411 e. The highest BCUT2D eigenvalue weighted by Crippen LogP contribution is 2.11. The predicted octanol–water partition coefficient (Wildman–Crippen LogP) is 0.0199. The lowest BCUT2D eigenvalue weighted by atomic mass is 9.94. The number of nitrogens with two attached hydrogens (primary N) is 1. The van der Waals surface area contributed by atoms with E-state index in [1.54, 1.807) is 0 Å². The number of nitrogens with one attached hydrogen (secondary N) is 1. The first-order valence-electron chi connectivity index (χ1n) is 4.24. The molecule has 0 spiro atoms. The van der Waals surface area contributed by atoms with Crippen LogP contribution in [0.2, 0.25) is 0 Å². The molecule has 0 atom stereocenters. The summed E-state index contributed by atoms with van der Waals surface area (Å²) in [5, 5.41) is 27.4. The van der Waals surface area contributed by atoms with Gasteiger partial charge >= 0.3 is 0 Å². The van der Waals surface area contributed by atoms with Crippen molar-refractivity contribution in [3.8, 4) is 0 Å². The molecular weight excluding hydrogens is 218 g/mol. The van der Waals surface area contributed by atoms with E-state index in [-0.39, 0.29) is 10.8 Å². The molecule has 15 heavy (non-hydrogen) atoms. The second kappa shape index (κ2) is 5.25. The number of nitrogens with zero attached hydrogens (tertiary/aromatic N) is 3. The maximum absolute atomic E-state index is 8.72. The number of rotatable bonds is 1. The van der Waals surface area contributed by atoms with E-state index < -0.39 is 0 Å². The highest BCUT2D eigenvalue weighted by Gasteiger charge is 2.23. The molecule has 82 valence electrons. The highest BCUT2D eigenvalue weighted by molar-refractivity contribution is 7.80. The number of hydrazone groups is 1. The van der Waals surface area contributed by atoms with Crippen LogP contribution in [-0.2, 0) is 0 Å². The molecule has 8 heteroatoms. The van der Waals surface area contributed by atoms with Crippen LogP contribution in [0.25, 0.3) is 0 Å². The Morgan fingerprint density at radius 2 is 1.80 bits per heavy atom. The zero-order valence-corrected chi connectivity index (χ0v) is 8.66. The molecule has 1 saturated carbocycles. The van der Waals surface area contributed by atoms with Gasteiger partial charge in [0, 0.05) is 0 Å². The van der Waals surface area contributed by atoms with Gasteiger partial charge in [-0.05, 0) is 31.5 Å². The van der Waals surface area contributed by atoms with Gasteiger partial charge < -0.3 is 16.1 Å². The fraction of sp³-hybridized carbons (Fsp3) is 0.429. The van der Waals surface area contributed by atoms with Gasteiger partial charge in [-0.25, -0.2) is 0 Å². The smallest absolute Gasteiger partial charge is 0.184 e. The second-order valence-electron chi connectivity index (χ2n) is 2.88. The lowest BCUT2D eigenvalue weighted by Gasteiger charge is -2.15. The number of hydrogen-bond acceptors (Lipinski definition) is 6. The SMILES string of the molecule is NC(=S)NN=C1/C(=N\O)CCC/C1=N/O. The third-order valence-electron chi connectivity index (χ3n) is 1.89. The largest absolute Gasteiger partial charge is 0.411 e. The van der Waals surface area contributed by atoms with Crippen molar-refractivity contribution in [1.82, 2.24) is 5.43 Å². The van der Waals surface area contributed by atoms with Crippen LogP contribution >= 0.6 is 12.2 Å². The Bertz CT molecular complexity index is 327. The summed E-state index contributed by atoms with van der Waals surface area (Å²) < 4.78 is 0. The van der Waals surface area contributed by atoms with E-state index >= 15 is 0 Å². The van der Waals surface area contributed by atoms with Gasteiger partial charge in [0.2, 0.25) is 0 Å². The number of hydrogen-bond donors (Lipinski definition) is 4. The van der Waals surface area contributed by atoms with E-state index in [2.05, 4.69) is 33.1 Å². The summed E-state index contributed by atoms with van der Waals surface area (Å²) in [6.45, 7) is 0. The molecule has 0 radical (unpaired) electrons. The summed E-state index contributed by atoms with van der Waals surface area (Å²) >= 11 is 4.57. The molecule has 0 aromatic rings. The zero-order chi connectivity index (χ0) is 11.3. The van der Waals surface area contributed by atoms with Crippen molar-refractivity contribution in [2.24, 2.45) is 21.1 Å². The van der Waals surface area contributed by atoms with Crippen molar-refractivity contribution in [2.45, 2.75) is 19.3 Å². The summed E-state index contributed by atoms with van der Waals surface area (Å²) in [6, 6.07) is 0. The molecule has 0 aliphatic heterocycles. The Hall–Kier alpha value is -1.70. The lowest BCUT2D eigenvalue weighted by molar-refractivity contribution is 0.316. The standard InChI is InChI=1S/C7H11N5O2S/c8-7(15)10-9-6-4(11-13)2-1-3-5(6)12-14/h13-14H,1-3H2,(H3,8,10,15)/b11-4-,12-5-. The van der Waals surface area contributed by atoms with Gasteiger partial charge in [-0.1, -0.05) is 10.3 Å². The lowest BCUT2D eigenvalue weighted by Crippen LogP contribution is -2.34. The normalized spacial score (nSPS) is 21.7. The molecule has 0 saturated heterocycles. The first-order chi connectivity index (χ1) is 7.19. The molecule has 0 heterocycles. The molecule has 1 aliphatic carbocycles. The minimum absolute atomic E-state index is 0.0114. The van der Waals surface area contributed by atoms with Crippen molar-refractivity contribution in [1.29, 1.82) is 0 Å². The van der Waals surface area contributed by atoms with Crippen LogP contribution in [0.3, 0.4) is 0 Å². The highest BCUT2D eigenvalue weighted by atomic mass is 32.1. The van der Waals surface area contributed by atoms with Crippen molar-refractivity contribution in [3.05, 3.63) is 0 Å². The molecule has 0 bridgehead atoms. The average Bonchev–Trinajstić information content (AvgIpc) is 2.25. The van der Waals surface area contributed by atoms with E-state index in [0.29, 0.717) is 24.3 Å². The van der Waals surface area contributed by atoms with Crippen LogP contribution < -0.4 is 11.2 Å². The van der Waals surface area contributed by atoms with Crippen LogP contribution in [0.1, 0.15) is 19.3 Å². The van der Waals surface area contributed by atoms with Crippen LogP contribution in [0.4, 0.5) is 0 Å². The maximum atomic E-state index is 8.72.